The minimum absolute atomic E-state index is 0.0239. The number of amides is 1. The molecule has 2 atom stereocenters. The molecule has 2 saturated heterocycles. The van der Waals surface area contributed by atoms with E-state index in [2.05, 4.69) is 21.4 Å². The number of thiazole rings is 1. The van der Waals surface area contributed by atoms with Crippen LogP contribution in [0.15, 0.2) is 6.20 Å². The van der Waals surface area contributed by atoms with Gasteiger partial charge in [-0.2, -0.15) is 5.26 Å². The lowest BCUT2D eigenvalue weighted by molar-refractivity contribution is -0.119. The van der Waals surface area contributed by atoms with E-state index in [1.807, 2.05) is 13.1 Å². The van der Waals surface area contributed by atoms with Crippen LogP contribution in [-0.4, -0.2) is 41.5 Å². The molecule has 3 heterocycles. The van der Waals surface area contributed by atoms with Crippen LogP contribution in [0.1, 0.15) is 32.6 Å². The van der Waals surface area contributed by atoms with Gasteiger partial charge in [0.1, 0.15) is 5.00 Å². The molecule has 0 aromatic carbocycles. The predicted octanol–water partition coefficient (Wildman–Crippen LogP) is 2.26. The van der Waals surface area contributed by atoms with Crippen molar-refractivity contribution >= 4 is 27.4 Å². The Balaban J connectivity index is 1.58. The van der Waals surface area contributed by atoms with Crippen LogP contribution in [0.3, 0.4) is 0 Å². The Labute approximate surface area is 134 Å². The molecule has 0 aliphatic carbocycles. The third-order valence-corrected chi connectivity index (χ3v) is 5.44. The van der Waals surface area contributed by atoms with Gasteiger partial charge in [-0.3, -0.25) is 4.79 Å². The van der Waals surface area contributed by atoms with Crippen molar-refractivity contribution in [3.63, 3.8) is 0 Å². The fourth-order valence-corrected chi connectivity index (χ4v) is 4.02. The Morgan fingerprint density at radius 1 is 1.45 bits per heavy atom. The van der Waals surface area contributed by atoms with E-state index < -0.39 is 0 Å². The summed E-state index contributed by atoms with van der Waals surface area (Å²) in [4.78, 5) is 20.7. The molecule has 1 unspecified atom stereocenters. The molecule has 6 nitrogen and oxygen atoms in total. The smallest absolute Gasteiger partial charge is 0.231 e. The van der Waals surface area contributed by atoms with Gasteiger partial charge in [0.2, 0.25) is 5.91 Å². The van der Waals surface area contributed by atoms with Crippen LogP contribution in [0.4, 0.5) is 10.1 Å². The molecule has 3 rings (SSSR count). The van der Waals surface area contributed by atoms with E-state index in [0.29, 0.717) is 11.7 Å². The standard InChI is InChI=1S/C15H21N5OS/c1-11-7-12(9-20(11)10-16)14(21)18-15-17-8-13(22-15)19-5-3-2-4-6-19/h8,11-12H,2-7,9H2,1H3,(H,17,18,21)/t11?,12-/m0/s1. The normalized spacial score (nSPS) is 25.1. The first-order valence-corrected chi connectivity index (χ1v) is 8.67. The van der Waals surface area contributed by atoms with Gasteiger partial charge in [-0.1, -0.05) is 11.3 Å². The van der Waals surface area contributed by atoms with E-state index in [0.717, 1.165) is 24.5 Å². The maximum Gasteiger partial charge on any atom is 0.231 e. The predicted molar refractivity (Wildman–Crippen MR) is 86.7 cm³/mol. The van der Waals surface area contributed by atoms with Crippen LogP contribution < -0.4 is 10.2 Å². The Morgan fingerprint density at radius 3 is 2.91 bits per heavy atom. The first-order valence-electron chi connectivity index (χ1n) is 7.85. The van der Waals surface area contributed by atoms with Crippen LogP contribution in [0, 0.1) is 17.4 Å². The molecule has 118 valence electrons. The van der Waals surface area contributed by atoms with Crippen LogP contribution in [0.25, 0.3) is 0 Å². The lowest BCUT2D eigenvalue weighted by Gasteiger charge is -2.26. The molecule has 0 radical (unpaired) electrons. The highest BCUT2D eigenvalue weighted by atomic mass is 32.1. The summed E-state index contributed by atoms with van der Waals surface area (Å²) in [7, 11) is 0. The number of carbonyl (C=O) groups excluding carboxylic acids is 1. The second-order valence-corrected chi connectivity index (χ2v) is 7.08. The number of hydrogen-bond donors (Lipinski definition) is 1. The third-order valence-electron chi connectivity index (χ3n) is 4.47. The van der Waals surface area contributed by atoms with Gasteiger partial charge in [0, 0.05) is 25.7 Å². The average Bonchev–Trinajstić information content (AvgIpc) is 3.14. The van der Waals surface area contributed by atoms with Gasteiger partial charge >= 0.3 is 0 Å². The van der Waals surface area contributed by atoms with Crippen molar-refractivity contribution in [1.82, 2.24) is 9.88 Å². The van der Waals surface area contributed by atoms with Gasteiger partial charge in [0.25, 0.3) is 0 Å². The number of likely N-dealkylation sites (tertiary alicyclic amines) is 1. The molecule has 22 heavy (non-hydrogen) atoms. The summed E-state index contributed by atoms with van der Waals surface area (Å²) in [5, 5.41) is 13.7. The molecule has 0 spiro atoms. The van der Waals surface area contributed by atoms with Crippen LogP contribution in [-0.2, 0) is 4.79 Å². The minimum atomic E-state index is -0.128. The molecular weight excluding hydrogens is 298 g/mol. The summed E-state index contributed by atoms with van der Waals surface area (Å²) in [6.45, 7) is 4.64. The quantitative estimate of drug-likeness (QED) is 0.865. The zero-order valence-corrected chi connectivity index (χ0v) is 13.6. The molecule has 7 heteroatoms. The lowest BCUT2D eigenvalue weighted by Crippen LogP contribution is -2.28. The maximum atomic E-state index is 12.3. The second-order valence-electron chi connectivity index (χ2n) is 6.07. The summed E-state index contributed by atoms with van der Waals surface area (Å²) in [6.07, 6.45) is 8.47. The summed E-state index contributed by atoms with van der Waals surface area (Å²) < 4.78 is 0. The number of nitrogens with one attached hydrogen (secondary N) is 1. The number of aromatic nitrogens is 1. The van der Waals surface area contributed by atoms with Crippen molar-refractivity contribution in [1.29, 1.82) is 5.26 Å². The van der Waals surface area contributed by atoms with E-state index in [9.17, 15) is 4.79 Å². The molecule has 1 N–H and O–H groups in total. The van der Waals surface area contributed by atoms with Gasteiger partial charge < -0.3 is 15.1 Å². The molecule has 1 aromatic rings. The highest BCUT2D eigenvalue weighted by Gasteiger charge is 2.33. The van der Waals surface area contributed by atoms with Gasteiger partial charge in [-0.25, -0.2) is 4.98 Å². The molecule has 2 aliphatic heterocycles. The highest BCUT2D eigenvalue weighted by Crippen LogP contribution is 2.30. The topological polar surface area (TPSA) is 72.3 Å². The monoisotopic (exact) mass is 319 g/mol. The summed E-state index contributed by atoms with van der Waals surface area (Å²) in [6, 6.07) is 0.140. The fourth-order valence-electron chi connectivity index (χ4n) is 3.15. The maximum absolute atomic E-state index is 12.3. The van der Waals surface area contributed by atoms with Gasteiger partial charge in [-0.05, 0) is 32.6 Å². The zero-order chi connectivity index (χ0) is 15.5. The number of anilines is 2. The lowest BCUT2D eigenvalue weighted by atomic mass is 10.1. The van der Waals surface area contributed by atoms with E-state index in [4.69, 9.17) is 5.26 Å². The van der Waals surface area contributed by atoms with Crippen molar-refractivity contribution in [3.05, 3.63) is 6.20 Å². The third kappa shape index (κ3) is 3.17. The number of piperidine rings is 1. The zero-order valence-electron chi connectivity index (χ0n) is 12.8. The van der Waals surface area contributed by atoms with Crippen molar-refractivity contribution in [2.75, 3.05) is 29.9 Å². The second kappa shape index (κ2) is 6.53. The van der Waals surface area contributed by atoms with Crippen molar-refractivity contribution in [3.8, 4) is 6.19 Å². The van der Waals surface area contributed by atoms with Gasteiger partial charge in [-0.15, -0.1) is 0 Å². The van der Waals surface area contributed by atoms with Crippen molar-refractivity contribution in [2.45, 2.75) is 38.6 Å². The Hall–Kier alpha value is -1.81. The van der Waals surface area contributed by atoms with Crippen LogP contribution >= 0.6 is 11.3 Å². The van der Waals surface area contributed by atoms with Crippen LogP contribution in [0.5, 0.6) is 0 Å². The van der Waals surface area contributed by atoms with E-state index in [-0.39, 0.29) is 17.9 Å². The molecule has 2 fully saturated rings. The van der Waals surface area contributed by atoms with Crippen LogP contribution in [0.2, 0.25) is 0 Å². The number of rotatable bonds is 3. The van der Waals surface area contributed by atoms with E-state index >= 15 is 0 Å². The molecule has 1 aromatic heterocycles. The SMILES string of the molecule is CC1C[C@H](C(=O)Nc2ncc(N3CCCCC3)s2)CN1C#N. The average molecular weight is 319 g/mol. The number of hydrogen-bond acceptors (Lipinski definition) is 6. The van der Waals surface area contributed by atoms with Crippen molar-refractivity contribution in [2.24, 2.45) is 5.92 Å². The Morgan fingerprint density at radius 2 is 2.23 bits per heavy atom. The molecule has 0 saturated carbocycles. The Bertz CT molecular complexity index is 575. The first-order chi connectivity index (χ1) is 10.7. The molecule has 0 bridgehead atoms. The molecule has 2 aliphatic rings. The van der Waals surface area contributed by atoms with Gasteiger partial charge in [0.05, 0.1) is 12.1 Å². The molecule has 1 amide bonds. The fraction of sp³-hybridized carbons (Fsp3) is 0.667. The van der Waals surface area contributed by atoms with E-state index in [1.54, 1.807) is 4.90 Å². The number of nitriles is 1. The van der Waals surface area contributed by atoms with Crippen molar-refractivity contribution < 1.29 is 4.79 Å². The first kappa shape index (κ1) is 15.1. The largest absolute Gasteiger partial charge is 0.362 e. The summed E-state index contributed by atoms with van der Waals surface area (Å²) in [5.74, 6) is -0.152. The molecular formula is C15H21N5OS. The highest BCUT2D eigenvalue weighted by molar-refractivity contribution is 7.19. The minimum Gasteiger partial charge on any atom is -0.362 e. The van der Waals surface area contributed by atoms with Gasteiger partial charge in [0.15, 0.2) is 11.3 Å². The Kier molecular flexibility index (Phi) is 4.48. The summed E-state index contributed by atoms with van der Waals surface area (Å²) in [5.41, 5.74) is 0. The summed E-state index contributed by atoms with van der Waals surface area (Å²) >= 11 is 1.54. The van der Waals surface area contributed by atoms with E-state index in [1.165, 1.54) is 30.6 Å². The number of carbonyl (C=O) groups is 1. The number of nitrogens with zero attached hydrogens (tertiary/aromatic N) is 4.